The molecule has 0 aromatic rings. The number of hydrogen-bond donors (Lipinski definition) is 2. The molecule has 2 atom stereocenters. The molecule has 0 aromatic carbocycles. The van der Waals surface area contributed by atoms with Crippen LogP contribution in [0.5, 0.6) is 0 Å². The van der Waals surface area contributed by atoms with Gasteiger partial charge in [-0.25, -0.2) is 0 Å². The van der Waals surface area contributed by atoms with Crippen molar-refractivity contribution in [2.24, 2.45) is 5.92 Å². The molecule has 14 heavy (non-hydrogen) atoms. The Morgan fingerprint density at radius 1 is 1.57 bits per heavy atom. The SMILES string of the molecule is COCC(=O)NC1C=CC(C(=O)O)C1. The molecule has 0 radical (unpaired) electrons. The molecule has 0 fully saturated rings. The summed E-state index contributed by atoms with van der Waals surface area (Å²) in [5.74, 6) is -1.57. The van der Waals surface area contributed by atoms with E-state index in [9.17, 15) is 9.59 Å². The van der Waals surface area contributed by atoms with Crippen LogP contribution in [0.4, 0.5) is 0 Å². The van der Waals surface area contributed by atoms with Crippen LogP contribution in [-0.2, 0) is 14.3 Å². The first-order valence-electron chi connectivity index (χ1n) is 4.33. The smallest absolute Gasteiger partial charge is 0.310 e. The number of carbonyl (C=O) groups excluding carboxylic acids is 1. The van der Waals surface area contributed by atoms with E-state index < -0.39 is 11.9 Å². The van der Waals surface area contributed by atoms with E-state index in [1.165, 1.54) is 7.11 Å². The van der Waals surface area contributed by atoms with Crippen LogP contribution >= 0.6 is 0 Å². The van der Waals surface area contributed by atoms with Crippen molar-refractivity contribution in [3.8, 4) is 0 Å². The summed E-state index contributed by atoms with van der Waals surface area (Å²) >= 11 is 0. The summed E-state index contributed by atoms with van der Waals surface area (Å²) in [5, 5.41) is 11.3. The lowest BCUT2D eigenvalue weighted by Crippen LogP contribution is -2.35. The molecule has 1 rings (SSSR count). The molecular weight excluding hydrogens is 186 g/mol. The normalized spacial score (nSPS) is 24.9. The van der Waals surface area contributed by atoms with Gasteiger partial charge in [-0.2, -0.15) is 0 Å². The number of rotatable bonds is 4. The highest BCUT2D eigenvalue weighted by Crippen LogP contribution is 2.17. The van der Waals surface area contributed by atoms with Gasteiger partial charge in [-0.3, -0.25) is 9.59 Å². The first-order valence-corrected chi connectivity index (χ1v) is 4.33. The van der Waals surface area contributed by atoms with Gasteiger partial charge in [0.25, 0.3) is 0 Å². The monoisotopic (exact) mass is 199 g/mol. The third-order valence-corrected chi connectivity index (χ3v) is 2.02. The number of aliphatic carboxylic acids is 1. The predicted octanol–water partition coefficient (Wildman–Crippen LogP) is -0.222. The fraction of sp³-hybridized carbons (Fsp3) is 0.556. The number of ether oxygens (including phenoxy) is 1. The van der Waals surface area contributed by atoms with Crippen molar-refractivity contribution in [1.29, 1.82) is 0 Å². The maximum absolute atomic E-state index is 11.1. The molecule has 0 aliphatic heterocycles. The molecule has 0 heterocycles. The number of hydrogen-bond acceptors (Lipinski definition) is 3. The summed E-state index contributed by atoms with van der Waals surface area (Å²) < 4.78 is 4.64. The summed E-state index contributed by atoms with van der Waals surface area (Å²) in [7, 11) is 1.43. The largest absolute Gasteiger partial charge is 0.481 e. The van der Waals surface area contributed by atoms with Gasteiger partial charge in [-0.15, -0.1) is 0 Å². The van der Waals surface area contributed by atoms with E-state index in [1.54, 1.807) is 12.2 Å². The highest BCUT2D eigenvalue weighted by molar-refractivity contribution is 5.78. The first-order chi connectivity index (χ1) is 6.63. The van der Waals surface area contributed by atoms with Crippen molar-refractivity contribution < 1.29 is 19.4 Å². The topological polar surface area (TPSA) is 75.6 Å². The van der Waals surface area contributed by atoms with Crippen molar-refractivity contribution in [3.63, 3.8) is 0 Å². The average Bonchev–Trinajstić information content (AvgIpc) is 2.53. The second-order valence-corrected chi connectivity index (χ2v) is 3.17. The van der Waals surface area contributed by atoms with Crippen molar-refractivity contribution in [2.45, 2.75) is 12.5 Å². The van der Waals surface area contributed by atoms with Crippen molar-refractivity contribution in [1.82, 2.24) is 5.32 Å². The highest BCUT2D eigenvalue weighted by Gasteiger charge is 2.24. The Balaban J connectivity index is 2.33. The first kappa shape index (κ1) is 10.7. The molecule has 5 nitrogen and oxygen atoms in total. The number of amides is 1. The molecule has 0 spiro atoms. The Bertz CT molecular complexity index is 262. The minimum Gasteiger partial charge on any atom is -0.481 e. The second-order valence-electron chi connectivity index (χ2n) is 3.17. The standard InChI is InChI=1S/C9H13NO4/c1-14-5-8(11)10-7-3-2-6(4-7)9(12)13/h2-3,6-7H,4-5H2,1H3,(H,10,11)(H,12,13). The van der Waals surface area contributed by atoms with E-state index in [2.05, 4.69) is 10.1 Å². The van der Waals surface area contributed by atoms with Crippen LogP contribution in [0.1, 0.15) is 6.42 Å². The van der Waals surface area contributed by atoms with E-state index in [4.69, 9.17) is 5.11 Å². The van der Waals surface area contributed by atoms with Crippen LogP contribution in [0.2, 0.25) is 0 Å². The fourth-order valence-corrected chi connectivity index (χ4v) is 1.37. The van der Waals surface area contributed by atoms with Crippen molar-refractivity contribution in [3.05, 3.63) is 12.2 Å². The molecule has 1 aliphatic carbocycles. The van der Waals surface area contributed by atoms with Crippen LogP contribution in [0.25, 0.3) is 0 Å². The van der Waals surface area contributed by atoms with Gasteiger partial charge in [-0.05, 0) is 6.42 Å². The summed E-state index contributed by atoms with van der Waals surface area (Å²) in [6.45, 7) is 0.00206. The molecule has 2 unspecified atom stereocenters. The zero-order valence-corrected chi connectivity index (χ0v) is 7.90. The number of carboxylic acids is 1. The van der Waals surface area contributed by atoms with Gasteiger partial charge < -0.3 is 15.2 Å². The van der Waals surface area contributed by atoms with Gasteiger partial charge in [-0.1, -0.05) is 12.2 Å². The fourth-order valence-electron chi connectivity index (χ4n) is 1.37. The number of nitrogens with one attached hydrogen (secondary N) is 1. The molecule has 0 saturated heterocycles. The Labute approximate surface area is 81.7 Å². The maximum atomic E-state index is 11.1. The predicted molar refractivity (Wildman–Crippen MR) is 48.7 cm³/mol. The molecule has 2 N–H and O–H groups in total. The zero-order valence-electron chi connectivity index (χ0n) is 7.90. The Morgan fingerprint density at radius 2 is 2.29 bits per heavy atom. The van der Waals surface area contributed by atoms with Crippen molar-refractivity contribution in [2.75, 3.05) is 13.7 Å². The lowest BCUT2D eigenvalue weighted by Gasteiger charge is -2.11. The van der Waals surface area contributed by atoms with E-state index in [0.29, 0.717) is 6.42 Å². The maximum Gasteiger partial charge on any atom is 0.310 e. The van der Waals surface area contributed by atoms with Gasteiger partial charge in [0.05, 0.1) is 5.92 Å². The Hall–Kier alpha value is -1.36. The molecule has 78 valence electrons. The summed E-state index contributed by atoms with van der Waals surface area (Å²) in [4.78, 5) is 21.6. The van der Waals surface area contributed by atoms with Crippen LogP contribution in [0, 0.1) is 5.92 Å². The number of carbonyl (C=O) groups is 2. The summed E-state index contributed by atoms with van der Waals surface area (Å²) in [5.41, 5.74) is 0. The second kappa shape index (κ2) is 4.76. The van der Waals surface area contributed by atoms with Crippen LogP contribution in [-0.4, -0.2) is 36.7 Å². The molecular formula is C9H13NO4. The molecule has 5 heteroatoms. The van der Waals surface area contributed by atoms with Gasteiger partial charge >= 0.3 is 5.97 Å². The quantitative estimate of drug-likeness (QED) is 0.614. The van der Waals surface area contributed by atoms with Gasteiger partial charge in [0.15, 0.2) is 0 Å². The van der Waals surface area contributed by atoms with E-state index >= 15 is 0 Å². The number of carboxylic acid groups (broad SMARTS) is 1. The lowest BCUT2D eigenvalue weighted by molar-refractivity contribution is -0.140. The molecule has 0 bridgehead atoms. The zero-order chi connectivity index (χ0) is 10.6. The van der Waals surface area contributed by atoms with Crippen LogP contribution in [0.15, 0.2) is 12.2 Å². The third-order valence-electron chi connectivity index (χ3n) is 2.02. The summed E-state index contributed by atoms with van der Waals surface area (Å²) in [6.07, 6.45) is 3.72. The minimum atomic E-state index is -0.857. The van der Waals surface area contributed by atoms with E-state index in [0.717, 1.165) is 0 Å². The van der Waals surface area contributed by atoms with Crippen LogP contribution < -0.4 is 5.32 Å². The van der Waals surface area contributed by atoms with Crippen molar-refractivity contribution >= 4 is 11.9 Å². The molecule has 1 amide bonds. The van der Waals surface area contributed by atoms with E-state index in [-0.39, 0.29) is 18.6 Å². The van der Waals surface area contributed by atoms with Gasteiger partial charge in [0.2, 0.25) is 5.91 Å². The molecule has 1 aliphatic rings. The van der Waals surface area contributed by atoms with Crippen LogP contribution in [0.3, 0.4) is 0 Å². The minimum absolute atomic E-state index is 0.00206. The highest BCUT2D eigenvalue weighted by atomic mass is 16.5. The third kappa shape index (κ3) is 2.85. The summed E-state index contributed by atoms with van der Waals surface area (Å²) in [6, 6.07) is -0.182. The molecule has 0 aromatic heterocycles. The Morgan fingerprint density at radius 3 is 2.79 bits per heavy atom. The van der Waals surface area contributed by atoms with Gasteiger partial charge in [0.1, 0.15) is 6.61 Å². The Kier molecular flexibility index (Phi) is 3.64. The number of methoxy groups -OCH3 is 1. The lowest BCUT2D eigenvalue weighted by atomic mass is 10.1. The van der Waals surface area contributed by atoms with E-state index in [1.807, 2.05) is 0 Å². The average molecular weight is 199 g/mol. The van der Waals surface area contributed by atoms with Gasteiger partial charge in [0, 0.05) is 13.2 Å². The molecule has 0 saturated carbocycles.